The van der Waals surface area contributed by atoms with Crippen LogP contribution in [0.1, 0.15) is 31.7 Å². The minimum Gasteiger partial charge on any atom is -0.326 e. The van der Waals surface area contributed by atoms with Gasteiger partial charge in [-0.2, -0.15) is 0 Å². The number of anilines is 2. The van der Waals surface area contributed by atoms with Crippen molar-refractivity contribution in [1.29, 1.82) is 0 Å². The van der Waals surface area contributed by atoms with E-state index in [0.717, 1.165) is 5.69 Å². The van der Waals surface area contributed by atoms with Crippen LogP contribution >= 0.6 is 23.2 Å². The third-order valence-corrected chi connectivity index (χ3v) is 4.93. The average Bonchev–Trinajstić information content (AvgIpc) is 2.96. The Balaban J connectivity index is 1.69. The summed E-state index contributed by atoms with van der Waals surface area (Å²) in [5.74, 6) is -0.240. The summed E-state index contributed by atoms with van der Waals surface area (Å²) in [5.41, 5.74) is 2.56. The zero-order chi connectivity index (χ0) is 18.8. The first-order valence-electron chi connectivity index (χ1n) is 8.51. The summed E-state index contributed by atoms with van der Waals surface area (Å²) in [6.07, 6.45) is 0.187. The lowest BCUT2D eigenvalue weighted by Gasteiger charge is -2.18. The smallest absolute Gasteiger partial charge is 0.229 e. The number of nitrogens with one attached hydrogen (secondary N) is 1. The Bertz CT molecular complexity index is 814. The normalized spacial score (nSPS) is 17.0. The van der Waals surface area contributed by atoms with Crippen LogP contribution < -0.4 is 10.2 Å². The maximum atomic E-state index is 12.5. The Hall–Kier alpha value is -2.04. The van der Waals surface area contributed by atoms with Gasteiger partial charge in [0.05, 0.1) is 5.92 Å². The van der Waals surface area contributed by atoms with Crippen molar-refractivity contribution in [3.63, 3.8) is 0 Å². The number of rotatable bonds is 4. The molecule has 0 bridgehead atoms. The van der Waals surface area contributed by atoms with E-state index in [1.54, 1.807) is 23.1 Å². The van der Waals surface area contributed by atoms with Gasteiger partial charge in [-0.1, -0.05) is 49.2 Å². The Kier molecular flexibility index (Phi) is 5.54. The van der Waals surface area contributed by atoms with E-state index in [0.29, 0.717) is 28.2 Å². The molecule has 0 aromatic heterocycles. The van der Waals surface area contributed by atoms with Crippen LogP contribution in [0.2, 0.25) is 10.0 Å². The van der Waals surface area contributed by atoms with Crippen molar-refractivity contribution in [3.8, 4) is 0 Å². The van der Waals surface area contributed by atoms with Gasteiger partial charge in [0.25, 0.3) is 0 Å². The summed E-state index contributed by atoms with van der Waals surface area (Å²) >= 11 is 11.9. The van der Waals surface area contributed by atoms with E-state index >= 15 is 0 Å². The summed E-state index contributed by atoms with van der Waals surface area (Å²) in [6, 6.07) is 12.8. The van der Waals surface area contributed by atoms with Gasteiger partial charge in [-0.3, -0.25) is 9.59 Å². The van der Waals surface area contributed by atoms with Crippen LogP contribution in [0.15, 0.2) is 42.5 Å². The second-order valence-corrected chi connectivity index (χ2v) is 7.67. The molecule has 6 heteroatoms. The van der Waals surface area contributed by atoms with Crippen molar-refractivity contribution < 1.29 is 9.59 Å². The van der Waals surface area contributed by atoms with Crippen LogP contribution in [0, 0.1) is 5.92 Å². The van der Waals surface area contributed by atoms with E-state index in [-0.39, 0.29) is 18.2 Å². The van der Waals surface area contributed by atoms with E-state index in [4.69, 9.17) is 23.2 Å². The highest BCUT2D eigenvalue weighted by Gasteiger charge is 2.35. The predicted octanol–water partition coefficient (Wildman–Crippen LogP) is 5.11. The molecule has 0 radical (unpaired) electrons. The fraction of sp³-hybridized carbons (Fsp3) is 0.300. The summed E-state index contributed by atoms with van der Waals surface area (Å²) < 4.78 is 0. The molecule has 0 saturated carbocycles. The van der Waals surface area contributed by atoms with Gasteiger partial charge < -0.3 is 10.2 Å². The van der Waals surface area contributed by atoms with Gasteiger partial charge in [0, 0.05) is 34.4 Å². The maximum absolute atomic E-state index is 12.5. The molecule has 2 aromatic rings. The molecule has 1 saturated heterocycles. The van der Waals surface area contributed by atoms with Gasteiger partial charge in [0.1, 0.15) is 0 Å². The highest BCUT2D eigenvalue weighted by molar-refractivity contribution is 6.35. The van der Waals surface area contributed by atoms with Gasteiger partial charge in [0.2, 0.25) is 11.8 Å². The number of hydrogen-bond donors (Lipinski definition) is 1. The number of amides is 2. The second-order valence-electron chi connectivity index (χ2n) is 6.80. The monoisotopic (exact) mass is 390 g/mol. The molecule has 0 aliphatic carbocycles. The van der Waals surface area contributed by atoms with Crippen LogP contribution in [0.3, 0.4) is 0 Å². The summed E-state index contributed by atoms with van der Waals surface area (Å²) in [6.45, 7) is 4.61. The first kappa shape index (κ1) is 18.7. The predicted molar refractivity (Wildman–Crippen MR) is 106 cm³/mol. The van der Waals surface area contributed by atoms with Gasteiger partial charge in [-0.05, 0) is 41.8 Å². The third-order valence-electron chi connectivity index (χ3n) is 4.50. The second kappa shape index (κ2) is 7.68. The Morgan fingerprint density at radius 2 is 1.73 bits per heavy atom. The number of halogens is 2. The van der Waals surface area contributed by atoms with Crippen LogP contribution in [-0.2, 0) is 9.59 Å². The van der Waals surface area contributed by atoms with Crippen molar-refractivity contribution >= 4 is 46.4 Å². The standard InChI is InChI=1S/C20H20Cl2N2O2/c1-12(2)13-3-5-18(6-4-13)24-11-14(7-19(24)25)20(26)23-17-9-15(21)8-16(22)10-17/h3-6,8-10,12,14H,7,11H2,1-2H3,(H,23,26). The molecule has 1 aliphatic rings. The maximum Gasteiger partial charge on any atom is 0.229 e. The van der Waals surface area contributed by atoms with Crippen molar-refractivity contribution in [3.05, 3.63) is 58.1 Å². The molecule has 26 heavy (non-hydrogen) atoms. The fourth-order valence-electron chi connectivity index (χ4n) is 3.04. The fourth-order valence-corrected chi connectivity index (χ4v) is 3.57. The van der Waals surface area contributed by atoms with E-state index < -0.39 is 5.92 Å². The lowest BCUT2D eigenvalue weighted by Crippen LogP contribution is -2.28. The minimum absolute atomic E-state index is 0.0495. The van der Waals surface area contributed by atoms with Gasteiger partial charge in [0.15, 0.2) is 0 Å². The largest absolute Gasteiger partial charge is 0.326 e. The topological polar surface area (TPSA) is 49.4 Å². The molecule has 2 amide bonds. The summed E-state index contributed by atoms with van der Waals surface area (Å²) in [5, 5.41) is 3.69. The molecule has 4 nitrogen and oxygen atoms in total. The first-order chi connectivity index (χ1) is 12.3. The summed E-state index contributed by atoms with van der Waals surface area (Å²) in [7, 11) is 0. The lowest BCUT2D eigenvalue weighted by atomic mass is 10.0. The zero-order valence-corrected chi connectivity index (χ0v) is 16.1. The molecule has 136 valence electrons. The molecule has 0 spiro atoms. The molecule has 3 rings (SSSR count). The van der Waals surface area contributed by atoms with Crippen molar-refractivity contribution in [1.82, 2.24) is 0 Å². The number of hydrogen-bond acceptors (Lipinski definition) is 2. The van der Waals surface area contributed by atoms with E-state index in [2.05, 4.69) is 19.2 Å². The highest BCUT2D eigenvalue weighted by Crippen LogP contribution is 2.28. The molecule has 1 unspecified atom stereocenters. The van der Waals surface area contributed by atoms with Crippen LogP contribution in [0.4, 0.5) is 11.4 Å². The van der Waals surface area contributed by atoms with Crippen molar-refractivity contribution in [2.45, 2.75) is 26.2 Å². The molecular formula is C20H20Cl2N2O2. The van der Waals surface area contributed by atoms with E-state index in [9.17, 15) is 9.59 Å². The highest BCUT2D eigenvalue weighted by atomic mass is 35.5. The average molecular weight is 391 g/mol. The summed E-state index contributed by atoms with van der Waals surface area (Å²) in [4.78, 5) is 26.6. The van der Waals surface area contributed by atoms with Gasteiger partial charge in [-0.15, -0.1) is 0 Å². The number of carbonyl (C=O) groups excluding carboxylic acids is 2. The van der Waals surface area contributed by atoms with Crippen molar-refractivity contribution in [2.75, 3.05) is 16.8 Å². The molecule has 1 aliphatic heterocycles. The number of benzene rings is 2. The van der Waals surface area contributed by atoms with E-state index in [1.165, 1.54) is 5.56 Å². The Morgan fingerprint density at radius 3 is 2.31 bits per heavy atom. The molecule has 2 aromatic carbocycles. The third kappa shape index (κ3) is 4.19. The van der Waals surface area contributed by atoms with Gasteiger partial charge in [-0.25, -0.2) is 0 Å². The Morgan fingerprint density at radius 1 is 1.12 bits per heavy atom. The van der Waals surface area contributed by atoms with E-state index in [1.807, 2.05) is 24.3 Å². The number of carbonyl (C=O) groups is 2. The first-order valence-corrected chi connectivity index (χ1v) is 9.26. The number of nitrogens with zero attached hydrogens (tertiary/aromatic N) is 1. The van der Waals surface area contributed by atoms with Crippen LogP contribution in [-0.4, -0.2) is 18.4 Å². The van der Waals surface area contributed by atoms with Crippen LogP contribution in [0.5, 0.6) is 0 Å². The molecule has 1 fully saturated rings. The van der Waals surface area contributed by atoms with Crippen LogP contribution in [0.25, 0.3) is 0 Å². The molecule has 1 heterocycles. The SMILES string of the molecule is CC(C)c1ccc(N2CC(C(=O)Nc3cc(Cl)cc(Cl)c3)CC2=O)cc1. The molecule has 1 atom stereocenters. The quantitative estimate of drug-likeness (QED) is 0.788. The Labute approximate surface area is 163 Å². The molecular weight excluding hydrogens is 371 g/mol. The molecule has 1 N–H and O–H groups in total. The zero-order valence-electron chi connectivity index (χ0n) is 14.6. The minimum atomic E-state index is -0.412. The van der Waals surface area contributed by atoms with Crippen molar-refractivity contribution in [2.24, 2.45) is 5.92 Å². The lowest BCUT2D eigenvalue weighted by molar-refractivity contribution is -0.122. The van der Waals surface area contributed by atoms with Gasteiger partial charge >= 0.3 is 0 Å².